The van der Waals surface area contributed by atoms with Gasteiger partial charge in [-0.25, -0.2) is 0 Å². The van der Waals surface area contributed by atoms with E-state index in [9.17, 15) is 19.8 Å². The highest BCUT2D eigenvalue weighted by atomic mass is 32.1. The molecule has 1 fully saturated rings. The Bertz CT molecular complexity index is 349. The van der Waals surface area contributed by atoms with Gasteiger partial charge in [0.1, 0.15) is 10.5 Å². The number of aliphatic hydroxyl groups excluding tert-OH is 1. The molecule has 18 heavy (non-hydrogen) atoms. The molecule has 0 heterocycles. The molecule has 1 aliphatic rings. The molecule has 0 aromatic carbocycles. The molecular weight excluding hydrogens is 280 g/mol. The number of carbonyl (C=O) groups is 2. The van der Waals surface area contributed by atoms with Gasteiger partial charge in [0.15, 0.2) is 0 Å². The maximum atomic E-state index is 11.0. The Morgan fingerprint density at radius 2 is 1.78 bits per heavy atom. The van der Waals surface area contributed by atoms with E-state index in [1.807, 2.05) is 0 Å². The summed E-state index contributed by atoms with van der Waals surface area (Å²) in [6.07, 6.45) is -0.596. The van der Waals surface area contributed by atoms with E-state index in [1.54, 1.807) is 0 Å². The summed E-state index contributed by atoms with van der Waals surface area (Å²) in [6, 6.07) is 0. The summed E-state index contributed by atoms with van der Waals surface area (Å²) in [5.41, 5.74) is -1.79. The normalized spacial score (nSPS) is 35.8. The topological polar surface area (TPSA) is 115 Å². The smallest absolute Gasteiger partial charge is 0.319 e. The SMILES string of the molecule is O=C(O)C(S)C1CC(O)CCC1(O)C(S)C(=O)O. The number of carboxylic acid groups (broad SMARTS) is 2. The Balaban J connectivity index is 3.05. The summed E-state index contributed by atoms with van der Waals surface area (Å²) < 4.78 is 0. The molecule has 0 radical (unpaired) electrons. The van der Waals surface area contributed by atoms with Gasteiger partial charge in [-0.05, 0) is 19.3 Å². The largest absolute Gasteiger partial charge is 0.480 e. The van der Waals surface area contributed by atoms with Crippen LogP contribution in [0.2, 0.25) is 0 Å². The average Bonchev–Trinajstić information content (AvgIpc) is 2.30. The van der Waals surface area contributed by atoms with Crippen molar-refractivity contribution in [3.05, 3.63) is 0 Å². The van der Waals surface area contributed by atoms with Gasteiger partial charge in [-0.3, -0.25) is 9.59 Å². The highest BCUT2D eigenvalue weighted by Gasteiger charge is 2.52. The lowest BCUT2D eigenvalue weighted by molar-refractivity contribution is -0.153. The van der Waals surface area contributed by atoms with E-state index < -0.39 is 40.1 Å². The number of carboxylic acids is 2. The zero-order valence-electron chi connectivity index (χ0n) is 9.43. The summed E-state index contributed by atoms with van der Waals surface area (Å²) >= 11 is 7.73. The van der Waals surface area contributed by atoms with Gasteiger partial charge in [0, 0.05) is 5.92 Å². The van der Waals surface area contributed by atoms with Crippen LogP contribution < -0.4 is 0 Å². The second-order valence-electron chi connectivity index (χ2n) is 4.55. The van der Waals surface area contributed by atoms with Crippen LogP contribution in [0.4, 0.5) is 0 Å². The Morgan fingerprint density at radius 3 is 2.22 bits per heavy atom. The molecular formula is C10H16O6S2. The molecule has 0 saturated heterocycles. The molecule has 0 amide bonds. The van der Waals surface area contributed by atoms with E-state index in [0.29, 0.717) is 0 Å². The summed E-state index contributed by atoms with van der Waals surface area (Å²) in [5.74, 6) is -3.56. The molecule has 1 saturated carbocycles. The molecule has 0 aliphatic heterocycles. The van der Waals surface area contributed by atoms with Crippen LogP contribution >= 0.6 is 25.3 Å². The van der Waals surface area contributed by atoms with Crippen LogP contribution in [-0.2, 0) is 9.59 Å². The van der Waals surface area contributed by atoms with Gasteiger partial charge in [-0.1, -0.05) is 0 Å². The van der Waals surface area contributed by atoms with Gasteiger partial charge in [-0.2, -0.15) is 25.3 Å². The van der Waals surface area contributed by atoms with Crippen molar-refractivity contribution in [1.82, 2.24) is 0 Å². The second-order valence-corrected chi connectivity index (χ2v) is 5.62. The Morgan fingerprint density at radius 1 is 1.22 bits per heavy atom. The van der Waals surface area contributed by atoms with Crippen LogP contribution in [0.25, 0.3) is 0 Å². The zero-order valence-corrected chi connectivity index (χ0v) is 11.2. The summed E-state index contributed by atoms with van der Waals surface area (Å²) in [7, 11) is 0. The highest BCUT2D eigenvalue weighted by molar-refractivity contribution is 7.82. The quantitative estimate of drug-likeness (QED) is 0.395. The molecule has 1 aliphatic carbocycles. The zero-order chi connectivity index (χ0) is 14.1. The van der Waals surface area contributed by atoms with Crippen molar-refractivity contribution >= 4 is 37.2 Å². The fraction of sp³-hybridized carbons (Fsp3) is 0.800. The number of hydrogen-bond acceptors (Lipinski definition) is 6. The standard InChI is InChI=1S/C10H16O6S2/c11-4-1-2-10(16,7(18)9(14)15)5(3-4)6(17)8(12)13/h4-7,11,16-18H,1-3H2,(H,12,13)(H,14,15). The lowest BCUT2D eigenvalue weighted by Crippen LogP contribution is -2.57. The first-order valence-corrected chi connectivity index (χ1v) is 6.45. The molecule has 0 aromatic heterocycles. The summed E-state index contributed by atoms with van der Waals surface area (Å²) in [4.78, 5) is 21.9. The minimum absolute atomic E-state index is 0.0126. The molecule has 0 bridgehead atoms. The molecule has 4 N–H and O–H groups in total. The molecule has 6 nitrogen and oxygen atoms in total. The van der Waals surface area contributed by atoms with Gasteiger partial charge in [0.25, 0.3) is 0 Å². The lowest BCUT2D eigenvalue weighted by atomic mass is 9.70. The van der Waals surface area contributed by atoms with Gasteiger partial charge in [-0.15, -0.1) is 0 Å². The first-order chi connectivity index (χ1) is 8.20. The van der Waals surface area contributed by atoms with Crippen molar-refractivity contribution in [3.8, 4) is 0 Å². The van der Waals surface area contributed by atoms with Gasteiger partial charge >= 0.3 is 11.9 Å². The number of thiol groups is 2. The number of aliphatic hydroxyl groups is 2. The Labute approximate surface area is 115 Å². The third-order valence-electron chi connectivity index (χ3n) is 3.39. The first kappa shape index (κ1) is 15.6. The second kappa shape index (κ2) is 5.68. The molecule has 8 heteroatoms. The number of hydrogen-bond donors (Lipinski definition) is 6. The molecule has 0 spiro atoms. The van der Waals surface area contributed by atoms with E-state index in [1.165, 1.54) is 0 Å². The number of aliphatic carboxylic acids is 2. The maximum absolute atomic E-state index is 11.0. The Kier molecular flexibility index (Phi) is 4.93. The van der Waals surface area contributed by atoms with Crippen LogP contribution in [0.15, 0.2) is 0 Å². The van der Waals surface area contributed by atoms with Gasteiger partial charge in [0.2, 0.25) is 0 Å². The third-order valence-corrected chi connectivity index (χ3v) is 4.64. The molecule has 5 atom stereocenters. The first-order valence-electron chi connectivity index (χ1n) is 5.42. The predicted molar refractivity (Wildman–Crippen MR) is 69.1 cm³/mol. The predicted octanol–water partition coefficient (Wildman–Crippen LogP) is -0.356. The van der Waals surface area contributed by atoms with Crippen molar-refractivity contribution in [2.45, 2.75) is 41.5 Å². The van der Waals surface area contributed by atoms with Crippen LogP contribution in [0.1, 0.15) is 19.3 Å². The minimum atomic E-state index is -1.79. The van der Waals surface area contributed by atoms with Crippen molar-refractivity contribution < 1.29 is 30.0 Å². The number of rotatable bonds is 4. The van der Waals surface area contributed by atoms with E-state index in [-0.39, 0.29) is 19.3 Å². The summed E-state index contributed by atoms with van der Waals surface area (Å²) in [6.45, 7) is 0. The van der Waals surface area contributed by atoms with E-state index in [4.69, 9.17) is 10.2 Å². The van der Waals surface area contributed by atoms with Crippen LogP contribution in [-0.4, -0.2) is 54.6 Å². The average molecular weight is 296 g/mol. The van der Waals surface area contributed by atoms with Crippen molar-refractivity contribution in [2.75, 3.05) is 0 Å². The fourth-order valence-electron chi connectivity index (χ4n) is 2.33. The van der Waals surface area contributed by atoms with E-state index >= 15 is 0 Å². The molecule has 1 rings (SSSR count). The van der Waals surface area contributed by atoms with Crippen LogP contribution in [0.3, 0.4) is 0 Å². The molecule has 104 valence electrons. The lowest BCUT2D eigenvalue weighted by Gasteiger charge is -2.44. The van der Waals surface area contributed by atoms with Crippen molar-refractivity contribution in [2.24, 2.45) is 5.92 Å². The highest BCUT2D eigenvalue weighted by Crippen LogP contribution is 2.42. The van der Waals surface area contributed by atoms with Crippen molar-refractivity contribution in [3.63, 3.8) is 0 Å². The monoisotopic (exact) mass is 296 g/mol. The van der Waals surface area contributed by atoms with Gasteiger partial charge in [0.05, 0.1) is 11.7 Å². The summed E-state index contributed by atoms with van der Waals surface area (Å²) in [5, 5.41) is 35.2. The fourth-order valence-corrected chi connectivity index (χ4v) is 3.03. The van der Waals surface area contributed by atoms with Gasteiger partial charge < -0.3 is 20.4 Å². The Hall–Kier alpha value is -0.440. The minimum Gasteiger partial charge on any atom is -0.480 e. The van der Waals surface area contributed by atoms with Crippen LogP contribution in [0.5, 0.6) is 0 Å². The van der Waals surface area contributed by atoms with E-state index in [2.05, 4.69) is 25.3 Å². The third kappa shape index (κ3) is 2.93. The molecule has 0 aromatic rings. The maximum Gasteiger partial charge on any atom is 0.319 e. The van der Waals surface area contributed by atoms with Crippen molar-refractivity contribution in [1.29, 1.82) is 0 Å². The van der Waals surface area contributed by atoms with E-state index in [0.717, 1.165) is 0 Å². The molecule has 5 unspecified atom stereocenters. The van der Waals surface area contributed by atoms with Crippen LogP contribution in [0, 0.1) is 5.92 Å².